The summed E-state index contributed by atoms with van der Waals surface area (Å²) in [6.45, 7) is 2.05. The molecule has 20 heavy (non-hydrogen) atoms. The predicted octanol–water partition coefficient (Wildman–Crippen LogP) is 2.83. The Morgan fingerprint density at radius 2 is 1.85 bits per heavy atom. The fourth-order valence-corrected chi connectivity index (χ4v) is 2.14. The van der Waals surface area contributed by atoms with Crippen LogP contribution in [0.5, 0.6) is 0 Å². The van der Waals surface area contributed by atoms with Crippen molar-refractivity contribution in [2.75, 3.05) is 0 Å². The minimum atomic E-state index is -0.290. The second-order valence-electron chi connectivity index (χ2n) is 4.80. The van der Waals surface area contributed by atoms with E-state index in [1.165, 1.54) is 5.56 Å². The van der Waals surface area contributed by atoms with E-state index in [2.05, 4.69) is 21.2 Å². The van der Waals surface area contributed by atoms with E-state index in [0.717, 1.165) is 11.1 Å². The van der Waals surface area contributed by atoms with Crippen molar-refractivity contribution >= 4 is 0 Å². The highest BCUT2D eigenvalue weighted by atomic mass is 15.2. The molecule has 2 aromatic carbocycles. The molecule has 1 atom stereocenters. The van der Waals surface area contributed by atoms with E-state index < -0.39 is 0 Å². The Kier molecular flexibility index (Phi) is 3.31. The molecule has 0 radical (unpaired) electrons. The maximum absolute atomic E-state index is 6.20. The zero-order chi connectivity index (χ0) is 13.9. The van der Waals surface area contributed by atoms with E-state index in [4.69, 9.17) is 5.73 Å². The molecule has 0 aliphatic heterocycles. The van der Waals surface area contributed by atoms with Gasteiger partial charge < -0.3 is 5.73 Å². The fraction of sp³-hybridized carbons (Fsp3) is 0.125. The van der Waals surface area contributed by atoms with Crippen molar-refractivity contribution in [2.24, 2.45) is 5.73 Å². The molecule has 0 aliphatic carbocycles. The van der Waals surface area contributed by atoms with Gasteiger partial charge >= 0.3 is 0 Å². The summed E-state index contributed by atoms with van der Waals surface area (Å²) in [5, 5.41) is 7.19. The van der Waals surface area contributed by atoms with Gasteiger partial charge in [-0.05, 0) is 18.6 Å². The van der Waals surface area contributed by atoms with Crippen LogP contribution >= 0.6 is 0 Å². The monoisotopic (exact) mass is 264 g/mol. The molecule has 0 bridgehead atoms. The molecule has 3 aromatic rings. The number of hydrogen-bond donors (Lipinski definition) is 2. The van der Waals surface area contributed by atoms with Gasteiger partial charge in [0.2, 0.25) is 0 Å². The molecule has 0 saturated heterocycles. The Morgan fingerprint density at radius 1 is 1.05 bits per heavy atom. The molecule has 0 saturated carbocycles. The minimum absolute atomic E-state index is 0.290. The predicted molar refractivity (Wildman–Crippen MR) is 79.0 cm³/mol. The molecule has 3 rings (SSSR count). The SMILES string of the molecule is Cc1cccc(-c2n[nH]c([C@@H](N)c3ccccc3)n2)c1. The quantitative estimate of drug-likeness (QED) is 0.764. The molecule has 1 heterocycles. The van der Waals surface area contributed by atoms with Crippen LogP contribution in [0.1, 0.15) is 23.0 Å². The van der Waals surface area contributed by atoms with Crippen LogP contribution in [0.25, 0.3) is 11.4 Å². The molecule has 0 spiro atoms. The Labute approximate surface area is 117 Å². The van der Waals surface area contributed by atoms with Crippen molar-refractivity contribution in [1.82, 2.24) is 15.2 Å². The molecule has 4 heteroatoms. The van der Waals surface area contributed by atoms with E-state index in [-0.39, 0.29) is 6.04 Å². The van der Waals surface area contributed by atoms with Gasteiger partial charge in [0.25, 0.3) is 0 Å². The fourth-order valence-electron chi connectivity index (χ4n) is 2.14. The van der Waals surface area contributed by atoms with Crippen molar-refractivity contribution in [3.8, 4) is 11.4 Å². The van der Waals surface area contributed by atoms with Crippen LogP contribution in [-0.4, -0.2) is 15.2 Å². The Balaban J connectivity index is 1.91. The maximum atomic E-state index is 6.20. The molecule has 3 N–H and O–H groups in total. The number of H-pyrrole nitrogens is 1. The van der Waals surface area contributed by atoms with Crippen LogP contribution in [0.15, 0.2) is 54.6 Å². The average Bonchev–Trinajstić information content (AvgIpc) is 2.97. The van der Waals surface area contributed by atoms with Gasteiger partial charge in [-0.1, -0.05) is 54.1 Å². The number of nitrogens with one attached hydrogen (secondary N) is 1. The standard InChI is InChI=1S/C16H16N4/c1-11-6-5-9-13(10-11)15-18-16(20-19-15)14(17)12-7-3-2-4-8-12/h2-10,14H,17H2,1H3,(H,18,19,20)/t14-/m0/s1. The molecule has 0 aliphatic rings. The average molecular weight is 264 g/mol. The van der Waals surface area contributed by atoms with Gasteiger partial charge in [0.1, 0.15) is 5.82 Å². The summed E-state index contributed by atoms with van der Waals surface area (Å²) in [5.41, 5.74) is 9.39. The Hall–Kier alpha value is -2.46. The van der Waals surface area contributed by atoms with E-state index >= 15 is 0 Å². The number of aryl methyl sites for hydroxylation is 1. The van der Waals surface area contributed by atoms with Crippen molar-refractivity contribution in [3.05, 3.63) is 71.5 Å². The van der Waals surface area contributed by atoms with Gasteiger partial charge in [-0.15, -0.1) is 0 Å². The number of hydrogen-bond acceptors (Lipinski definition) is 3. The topological polar surface area (TPSA) is 67.6 Å². The van der Waals surface area contributed by atoms with Crippen molar-refractivity contribution in [2.45, 2.75) is 13.0 Å². The van der Waals surface area contributed by atoms with Crippen LogP contribution < -0.4 is 5.73 Å². The lowest BCUT2D eigenvalue weighted by Crippen LogP contribution is -2.13. The highest BCUT2D eigenvalue weighted by molar-refractivity contribution is 5.55. The zero-order valence-electron chi connectivity index (χ0n) is 11.2. The summed E-state index contributed by atoms with van der Waals surface area (Å²) in [5.74, 6) is 1.35. The lowest BCUT2D eigenvalue weighted by atomic mass is 10.1. The number of benzene rings is 2. The summed E-state index contributed by atoms with van der Waals surface area (Å²) < 4.78 is 0. The van der Waals surface area contributed by atoms with Crippen molar-refractivity contribution < 1.29 is 0 Å². The van der Waals surface area contributed by atoms with Gasteiger partial charge in [0, 0.05) is 5.56 Å². The number of nitrogens with zero attached hydrogens (tertiary/aromatic N) is 2. The normalized spacial score (nSPS) is 12.3. The van der Waals surface area contributed by atoms with E-state index in [9.17, 15) is 0 Å². The number of aromatic amines is 1. The highest BCUT2D eigenvalue weighted by Gasteiger charge is 2.14. The lowest BCUT2D eigenvalue weighted by Gasteiger charge is -2.07. The zero-order valence-corrected chi connectivity index (χ0v) is 11.2. The molecule has 4 nitrogen and oxygen atoms in total. The number of rotatable bonds is 3. The van der Waals surface area contributed by atoms with Crippen LogP contribution in [0.2, 0.25) is 0 Å². The maximum Gasteiger partial charge on any atom is 0.181 e. The van der Waals surface area contributed by atoms with Gasteiger partial charge in [-0.3, -0.25) is 5.10 Å². The third-order valence-electron chi connectivity index (χ3n) is 3.23. The molecular formula is C16H16N4. The molecule has 0 unspecified atom stereocenters. The van der Waals surface area contributed by atoms with Crippen molar-refractivity contribution in [1.29, 1.82) is 0 Å². The largest absolute Gasteiger partial charge is 0.318 e. The summed E-state index contributed by atoms with van der Waals surface area (Å²) in [6, 6.07) is 17.7. The molecule has 100 valence electrons. The second-order valence-corrected chi connectivity index (χ2v) is 4.80. The molecule has 0 amide bonds. The first-order valence-corrected chi connectivity index (χ1v) is 6.54. The van der Waals surface area contributed by atoms with Gasteiger partial charge in [-0.2, -0.15) is 5.10 Å². The third kappa shape index (κ3) is 2.46. The van der Waals surface area contributed by atoms with Gasteiger partial charge in [0.05, 0.1) is 6.04 Å². The van der Waals surface area contributed by atoms with Gasteiger partial charge in [0.15, 0.2) is 5.82 Å². The van der Waals surface area contributed by atoms with E-state index in [1.807, 2.05) is 55.5 Å². The first-order valence-electron chi connectivity index (χ1n) is 6.54. The molecule has 1 aromatic heterocycles. The van der Waals surface area contributed by atoms with E-state index in [0.29, 0.717) is 11.6 Å². The Morgan fingerprint density at radius 3 is 2.60 bits per heavy atom. The third-order valence-corrected chi connectivity index (χ3v) is 3.23. The number of aromatic nitrogens is 3. The smallest absolute Gasteiger partial charge is 0.181 e. The summed E-state index contributed by atoms with van der Waals surface area (Å²) in [7, 11) is 0. The summed E-state index contributed by atoms with van der Waals surface area (Å²) >= 11 is 0. The molecule has 0 fully saturated rings. The molecular weight excluding hydrogens is 248 g/mol. The van der Waals surface area contributed by atoms with Crippen LogP contribution in [0.3, 0.4) is 0 Å². The van der Waals surface area contributed by atoms with Crippen molar-refractivity contribution in [3.63, 3.8) is 0 Å². The minimum Gasteiger partial charge on any atom is -0.318 e. The van der Waals surface area contributed by atoms with E-state index in [1.54, 1.807) is 0 Å². The van der Waals surface area contributed by atoms with Gasteiger partial charge in [-0.25, -0.2) is 4.98 Å². The van der Waals surface area contributed by atoms with Crippen LogP contribution in [0.4, 0.5) is 0 Å². The highest BCUT2D eigenvalue weighted by Crippen LogP contribution is 2.20. The first kappa shape index (κ1) is 12.6. The first-order chi connectivity index (χ1) is 9.74. The second kappa shape index (κ2) is 5.27. The Bertz CT molecular complexity index is 703. The lowest BCUT2D eigenvalue weighted by molar-refractivity contribution is 0.787. The summed E-state index contributed by atoms with van der Waals surface area (Å²) in [6.07, 6.45) is 0. The summed E-state index contributed by atoms with van der Waals surface area (Å²) in [4.78, 5) is 4.51. The van der Waals surface area contributed by atoms with Crippen LogP contribution in [0, 0.1) is 6.92 Å². The number of nitrogens with two attached hydrogens (primary N) is 1. The van der Waals surface area contributed by atoms with Crippen LogP contribution in [-0.2, 0) is 0 Å².